The third kappa shape index (κ3) is 3.87. The van der Waals surface area contributed by atoms with E-state index in [4.69, 9.17) is 0 Å². The van der Waals surface area contributed by atoms with Crippen molar-refractivity contribution in [3.8, 4) is 0 Å². The summed E-state index contributed by atoms with van der Waals surface area (Å²) in [5, 5.41) is 9.22. The first-order valence-electron chi connectivity index (χ1n) is 8.70. The molecule has 8 nitrogen and oxygen atoms in total. The summed E-state index contributed by atoms with van der Waals surface area (Å²) in [6.07, 6.45) is 7.03. The van der Waals surface area contributed by atoms with E-state index in [0.717, 1.165) is 29.5 Å². The second-order valence-electron chi connectivity index (χ2n) is 7.05. The molecule has 1 amide bonds. The fourth-order valence-electron chi connectivity index (χ4n) is 2.64. The Morgan fingerprint density at radius 3 is 2.88 bits per heavy atom. The van der Waals surface area contributed by atoms with Crippen molar-refractivity contribution in [1.82, 2.24) is 19.9 Å². The molecule has 0 bridgehead atoms. The molecule has 4 rings (SSSR count). The number of thioether (sulfide) groups is 1. The minimum atomic E-state index is -0.501. The molecule has 1 fully saturated rings. The predicted molar refractivity (Wildman–Crippen MR) is 102 cm³/mol. The van der Waals surface area contributed by atoms with E-state index in [9.17, 15) is 4.79 Å². The van der Waals surface area contributed by atoms with Gasteiger partial charge in [0.15, 0.2) is 0 Å². The Balaban J connectivity index is 1.44. The number of aromatic nitrogens is 4. The number of pyridine rings is 1. The molecule has 26 heavy (non-hydrogen) atoms. The lowest BCUT2D eigenvalue weighted by Gasteiger charge is -2.29. The van der Waals surface area contributed by atoms with Gasteiger partial charge in [0, 0.05) is 18.8 Å². The van der Waals surface area contributed by atoms with E-state index >= 15 is 0 Å². The molecule has 0 radical (unpaired) electrons. The molecule has 0 aromatic carbocycles. The Morgan fingerprint density at radius 2 is 2.08 bits per heavy atom. The van der Waals surface area contributed by atoms with E-state index in [1.807, 2.05) is 13.8 Å². The van der Waals surface area contributed by atoms with Crippen LogP contribution >= 0.6 is 11.8 Å². The van der Waals surface area contributed by atoms with Gasteiger partial charge in [0.1, 0.15) is 12.1 Å². The van der Waals surface area contributed by atoms with Gasteiger partial charge in [-0.2, -0.15) is 4.98 Å². The van der Waals surface area contributed by atoms with Crippen LogP contribution in [0.3, 0.4) is 0 Å². The number of hydrogen-bond acceptors (Lipinski definition) is 8. The highest BCUT2D eigenvalue weighted by atomic mass is 32.2. The standard InChI is InChI=1S/C17H21N7OS/c1-17(2)14(25)22-11-7-13(19-8-12(11)26-17)23-16-21-9-20-15(24-16)18-6-5-10-3-4-10/h7-10H,3-6H2,1-2H3,(H,22,25)(H2,18,19,20,21,23,24). The van der Waals surface area contributed by atoms with Crippen molar-refractivity contribution in [3.63, 3.8) is 0 Å². The molecule has 2 aromatic rings. The summed E-state index contributed by atoms with van der Waals surface area (Å²) in [5.74, 6) is 2.37. The summed E-state index contributed by atoms with van der Waals surface area (Å²) in [5.41, 5.74) is 0.744. The number of hydrogen-bond donors (Lipinski definition) is 3. The Bertz CT molecular complexity index is 838. The molecule has 0 unspecified atom stereocenters. The van der Waals surface area contributed by atoms with Gasteiger partial charge in [0.05, 0.1) is 15.3 Å². The van der Waals surface area contributed by atoms with Crippen molar-refractivity contribution in [1.29, 1.82) is 0 Å². The number of anilines is 4. The first-order valence-corrected chi connectivity index (χ1v) is 9.52. The predicted octanol–water partition coefficient (Wildman–Crippen LogP) is 3.05. The second-order valence-corrected chi connectivity index (χ2v) is 8.71. The molecule has 1 saturated carbocycles. The Labute approximate surface area is 156 Å². The monoisotopic (exact) mass is 371 g/mol. The lowest BCUT2D eigenvalue weighted by Crippen LogP contribution is -2.37. The van der Waals surface area contributed by atoms with Crippen LogP contribution in [0.2, 0.25) is 0 Å². The molecule has 0 atom stereocenters. The Hall–Kier alpha value is -2.42. The van der Waals surface area contributed by atoms with Gasteiger partial charge in [-0.3, -0.25) is 4.79 Å². The minimum Gasteiger partial charge on any atom is -0.354 e. The highest BCUT2D eigenvalue weighted by molar-refractivity contribution is 8.01. The Morgan fingerprint density at radius 1 is 1.27 bits per heavy atom. The van der Waals surface area contributed by atoms with Crippen molar-refractivity contribution in [2.75, 3.05) is 22.5 Å². The summed E-state index contributed by atoms with van der Waals surface area (Å²) < 4.78 is -0.501. The van der Waals surface area contributed by atoms with Crippen molar-refractivity contribution in [3.05, 3.63) is 18.6 Å². The number of nitrogens with one attached hydrogen (secondary N) is 3. The second kappa shape index (κ2) is 6.71. The van der Waals surface area contributed by atoms with Crippen molar-refractivity contribution in [2.24, 2.45) is 5.92 Å². The van der Waals surface area contributed by atoms with E-state index in [-0.39, 0.29) is 5.91 Å². The van der Waals surface area contributed by atoms with Crippen LogP contribution in [0, 0.1) is 5.92 Å². The number of amides is 1. The first kappa shape index (κ1) is 17.0. The average Bonchev–Trinajstić information content (AvgIpc) is 3.41. The fraction of sp³-hybridized carbons (Fsp3) is 0.471. The van der Waals surface area contributed by atoms with Gasteiger partial charge in [0.2, 0.25) is 17.8 Å². The number of rotatable bonds is 6. The molecule has 9 heteroatoms. The lowest BCUT2D eigenvalue weighted by molar-refractivity contribution is -0.117. The van der Waals surface area contributed by atoms with Crippen LogP contribution in [0.5, 0.6) is 0 Å². The van der Waals surface area contributed by atoms with Crippen LogP contribution in [-0.4, -0.2) is 37.1 Å². The smallest absolute Gasteiger partial charge is 0.240 e. The topological polar surface area (TPSA) is 105 Å². The largest absolute Gasteiger partial charge is 0.354 e. The highest BCUT2D eigenvalue weighted by Gasteiger charge is 2.34. The Kier molecular flexibility index (Phi) is 4.39. The number of carbonyl (C=O) groups is 1. The van der Waals surface area contributed by atoms with Crippen LogP contribution in [-0.2, 0) is 4.79 Å². The minimum absolute atomic E-state index is 0.0190. The van der Waals surface area contributed by atoms with Crippen molar-refractivity contribution in [2.45, 2.75) is 42.8 Å². The molecule has 136 valence electrons. The first-order chi connectivity index (χ1) is 12.5. The van der Waals surface area contributed by atoms with E-state index in [1.54, 1.807) is 12.3 Å². The van der Waals surface area contributed by atoms with Crippen LogP contribution in [0.25, 0.3) is 0 Å². The normalized spacial score (nSPS) is 18.0. The summed E-state index contributed by atoms with van der Waals surface area (Å²) in [7, 11) is 0. The number of nitrogens with zero attached hydrogens (tertiary/aromatic N) is 4. The van der Waals surface area contributed by atoms with E-state index in [1.165, 1.54) is 30.9 Å². The van der Waals surface area contributed by atoms with Gasteiger partial charge in [-0.15, -0.1) is 11.8 Å². The van der Waals surface area contributed by atoms with Crippen LogP contribution in [0.15, 0.2) is 23.5 Å². The van der Waals surface area contributed by atoms with Gasteiger partial charge in [-0.05, 0) is 26.2 Å². The molecule has 1 aliphatic heterocycles. The van der Waals surface area contributed by atoms with Crippen LogP contribution < -0.4 is 16.0 Å². The molecular formula is C17H21N7OS. The summed E-state index contributed by atoms with van der Waals surface area (Å²) >= 11 is 1.50. The molecule has 1 aliphatic carbocycles. The number of carbonyl (C=O) groups excluding carboxylic acids is 1. The van der Waals surface area contributed by atoms with E-state index < -0.39 is 4.75 Å². The molecule has 0 spiro atoms. The summed E-state index contributed by atoms with van der Waals surface area (Å²) in [4.78, 5) is 30.1. The van der Waals surface area contributed by atoms with Gasteiger partial charge in [0.25, 0.3) is 0 Å². The average molecular weight is 371 g/mol. The quantitative estimate of drug-likeness (QED) is 0.712. The van der Waals surface area contributed by atoms with Gasteiger partial charge < -0.3 is 16.0 Å². The molecule has 2 aliphatic rings. The maximum Gasteiger partial charge on any atom is 0.240 e. The van der Waals surface area contributed by atoms with Crippen LogP contribution in [0.1, 0.15) is 33.1 Å². The molecule has 3 heterocycles. The molecular weight excluding hydrogens is 350 g/mol. The summed E-state index contributed by atoms with van der Waals surface area (Å²) in [6.45, 7) is 4.65. The van der Waals surface area contributed by atoms with Gasteiger partial charge in [-0.25, -0.2) is 15.0 Å². The van der Waals surface area contributed by atoms with Gasteiger partial charge in [-0.1, -0.05) is 12.8 Å². The van der Waals surface area contributed by atoms with E-state index in [0.29, 0.717) is 17.7 Å². The lowest BCUT2D eigenvalue weighted by atomic mass is 10.2. The van der Waals surface area contributed by atoms with Gasteiger partial charge >= 0.3 is 0 Å². The maximum atomic E-state index is 12.1. The zero-order chi connectivity index (χ0) is 18.1. The summed E-state index contributed by atoms with van der Waals surface area (Å²) in [6, 6.07) is 1.79. The SMILES string of the molecule is CC1(C)Sc2cnc(Nc3ncnc(NCCC4CC4)n3)cc2NC1=O. The van der Waals surface area contributed by atoms with Crippen molar-refractivity contribution < 1.29 is 4.79 Å². The highest BCUT2D eigenvalue weighted by Crippen LogP contribution is 2.42. The third-order valence-corrected chi connectivity index (χ3v) is 5.61. The fourth-order valence-corrected chi connectivity index (χ4v) is 3.65. The zero-order valence-electron chi connectivity index (χ0n) is 14.7. The molecule has 3 N–H and O–H groups in total. The van der Waals surface area contributed by atoms with Crippen molar-refractivity contribution >= 4 is 41.1 Å². The number of fused-ring (bicyclic) bond motifs is 1. The zero-order valence-corrected chi connectivity index (χ0v) is 15.6. The molecule has 0 saturated heterocycles. The van der Waals surface area contributed by atoms with E-state index in [2.05, 4.69) is 35.9 Å². The molecule has 2 aromatic heterocycles. The third-order valence-electron chi connectivity index (χ3n) is 4.37. The maximum absolute atomic E-state index is 12.1. The van der Waals surface area contributed by atoms with Crippen LogP contribution in [0.4, 0.5) is 23.4 Å².